The molecule has 0 aliphatic rings. The summed E-state index contributed by atoms with van der Waals surface area (Å²) >= 11 is 0. The first-order chi connectivity index (χ1) is 25.6. The highest BCUT2D eigenvalue weighted by Gasteiger charge is 2.26. The summed E-state index contributed by atoms with van der Waals surface area (Å²) in [6.45, 7) is 2.94. The molecule has 0 radical (unpaired) electrons. The van der Waals surface area contributed by atoms with E-state index in [9.17, 15) is 14.4 Å². The number of aldehydes is 1. The van der Waals surface area contributed by atoms with Gasteiger partial charge >= 0.3 is 0 Å². The number of carbonyl (C=O) groups excluding carboxylic acids is 4. The third-order valence-electron chi connectivity index (χ3n) is 7.42. The van der Waals surface area contributed by atoms with Crippen molar-refractivity contribution in [1.82, 2.24) is 20.9 Å². The van der Waals surface area contributed by atoms with Crippen molar-refractivity contribution in [2.75, 3.05) is 66.5 Å². The van der Waals surface area contributed by atoms with Gasteiger partial charge in [-0.25, -0.2) is 0 Å². The SMILES string of the molecule is CNC=O.CNCc1ccc(OC)cc1.COc1ccc(N(C)C(=O)C(Cc2ccccc2)NC(=O)CN(CC=O)CCO)cc1.Cc1ccccc1. The van der Waals surface area contributed by atoms with E-state index in [1.807, 2.05) is 67.7 Å². The third-order valence-corrected chi connectivity index (χ3v) is 7.42. The first kappa shape index (κ1) is 45.5. The number of anilines is 1. The van der Waals surface area contributed by atoms with Gasteiger partial charge in [-0.3, -0.25) is 19.3 Å². The van der Waals surface area contributed by atoms with E-state index in [0.717, 1.165) is 17.9 Å². The maximum absolute atomic E-state index is 13.2. The molecule has 0 saturated heterocycles. The van der Waals surface area contributed by atoms with Gasteiger partial charge < -0.3 is 40.2 Å². The number of nitrogens with zero attached hydrogens (tertiary/aromatic N) is 2. The average Bonchev–Trinajstić information content (AvgIpc) is 3.19. The van der Waals surface area contributed by atoms with Gasteiger partial charge in [-0.15, -0.1) is 0 Å². The first-order valence-electron chi connectivity index (χ1n) is 17.1. The molecule has 4 N–H and O–H groups in total. The molecule has 53 heavy (non-hydrogen) atoms. The summed E-state index contributed by atoms with van der Waals surface area (Å²) in [5, 5.41) is 17.2. The van der Waals surface area contributed by atoms with Gasteiger partial charge in [-0.2, -0.15) is 0 Å². The molecule has 286 valence electrons. The minimum absolute atomic E-state index is 0.0248. The van der Waals surface area contributed by atoms with Crippen molar-refractivity contribution in [3.8, 4) is 11.5 Å². The Bertz CT molecular complexity index is 1560. The first-order valence-corrected chi connectivity index (χ1v) is 17.1. The molecule has 0 heterocycles. The number of ether oxygens (including phenoxy) is 2. The number of methoxy groups -OCH3 is 2. The second-order valence-corrected chi connectivity index (χ2v) is 11.5. The van der Waals surface area contributed by atoms with Crippen molar-refractivity contribution in [1.29, 1.82) is 0 Å². The Hall–Kier alpha value is -5.56. The van der Waals surface area contributed by atoms with E-state index >= 15 is 0 Å². The van der Waals surface area contributed by atoms with Crippen LogP contribution in [-0.2, 0) is 32.1 Å². The topological polar surface area (TPSA) is 150 Å². The number of aliphatic hydroxyl groups excluding tert-OH is 1. The van der Waals surface area contributed by atoms with Crippen molar-refractivity contribution in [2.24, 2.45) is 0 Å². The molecule has 0 aromatic heterocycles. The Morgan fingerprint density at radius 3 is 1.75 bits per heavy atom. The Kier molecular flexibility index (Phi) is 24.1. The Morgan fingerprint density at radius 2 is 1.32 bits per heavy atom. The van der Waals surface area contributed by atoms with Gasteiger partial charge in [0.05, 0.1) is 33.9 Å². The van der Waals surface area contributed by atoms with Crippen LogP contribution < -0.4 is 30.3 Å². The molecule has 3 amide bonds. The van der Waals surface area contributed by atoms with Gasteiger partial charge in [0.15, 0.2) is 0 Å². The number of aliphatic hydroxyl groups is 1. The van der Waals surface area contributed by atoms with E-state index in [1.54, 1.807) is 52.6 Å². The van der Waals surface area contributed by atoms with Crippen LogP contribution in [-0.4, -0.2) is 102 Å². The fourth-order valence-electron chi connectivity index (χ4n) is 4.62. The summed E-state index contributed by atoms with van der Waals surface area (Å²) in [6, 6.07) is 34.0. The molecule has 1 atom stereocenters. The van der Waals surface area contributed by atoms with E-state index in [4.69, 9.17) is 19.4 Å². The zero-order valence-electron chi connectivity index (χ0n) is 31.7. The fourth-order valence-corrected chi connectivity index (χ4v) is 4.62. The van der Waals surface area contributed by atoms with Crippen molar-refractivity contribution < 1.29 is 33.8 Å². The molecule has 4 rings (SSSR count). The highest BCUT2D eigenvalue weighted by atomic mass is 16.5. The minimum atomic E-state index is -0.797. The van der Waals surface area contributed by atoms with Crippen LogP contribution in [0.4, 0.5) is 5.69 Å². The molecule has 12 heteroatoms. The second-order valence-electron chi connectivity index (χ2n) is 11.5. The summed E-state index contributed by atoms with van der Waals surface area (Å²) in [5.74, 6) is 0.918. The summed E-state index contributed by atoms with van der Waals surface area (Å²) in [4.78, 5) is 48.7. The van der Waals surface area contributed by atoms with E-state index in [0.29, 0.717) is 30.6 Å². The number of benzene rings is 4. The molecule has 0 saturated carbocycles. The molecule has 0 aliphatic heterocycles. The normalized spacial score (nSPS) is 10.3. The monoisotopic (exact) mass is 729 g/mol. The van der Waals surface area contributed by atoms with Crippen molar-refractivity contribution in [2.45, 2.75) is 25.9 Å². The fraction of sp³-hybridized carbons (Fsp3) is 0.317. The molecule has 0 bridgehead atoms. The number of amides is 3. The van der Waals surface area contributed by atoms with Gasteiger partial charge in [-0.1, -0.05) is 78.4 Å². The molecule has 0 spiro atoms. The molecule has 4 aromatic carbocycles. The maximum Gasteiger partial charge on any atom is 0.249 e. The summed E-state index contributed by atoms with van der Waals surface area (Å²) < 4.78 is 10.2. The van der Waals surface area contributed by atoms with Crippen LogP contribution in [0, 0.1) is 6.92 Å². The number of carbonyl (C=O) groups is 4. The lowest BCUT2D eigenvalue weighted by Crippen LogP contribution is -2.51. The number of hydrogen-bond acceptors (Lipinski definition) is 9. The van der Waals surface area contributed by atoms with Crippen molar-refractivity contribution in [3.05, 3.63) is 126 Å². The van der Waals surface area contributed by atoms with Crippen LogP contribution in [0.2, 0.25) is 0 Å². The largest absolute Gasteiger partial charge is 0.497 e. The van der Waals surface area contributed by atoms with Crippen molar-refractivity contribution in [3.63, 3.8) is 0 Å². The third kappa shape index (κ3) is 19.6. The lowest BCUT2D eigenvalue weighted by atomic mass is 10.0. The molecule has 0 aliphatic carbocycles. The Labute approximate surface area is 314 Å². The standard InChI is InChI=1S/C23H29N3O5.C9H13NO.C7H8.C2H5NO/c1-25(19-8-10-20(31-2)11-9-19)23(30)21(16-18-6-4-3-5-7-18)24-22(29)17-26(12-14-27)13-15-28;1-10-7-8-3-5-9(11-2)6-4-8;1-7-5-3-2-4-6-7;1-3-2-4/h3-11,14,21,28H,12-13,15-17H2,1-2H3,(H,24,29);3-6,10H,7H2,1-2H3;2-6H,1H3;2H,1H3,(H,3,4). The number of rotatable bonds is 16. The lowest BCUT2D eigenvalue weighted by Gasteiger charge is -2.26. The smallest absolute Gasteiger partial charge is 0.249 e. The van der Waals surface area contributed by atoms with Gasteiger partial charge in [0.2, 0.25) is 18.2 Å². The zero-order chi connectivity index (χ0) is 39.3. The predicted octanol–water partition coefficient (Wildman–Crippen LogP) is 3.65. The summed E-state index contributed by atoms with van der Waals surface area (Å²) in [6.07, 6.45) is 1.62. The van der Waals surface area contributed by atoms with Gasteiger partial charge in [0, 0.05) is 39.3 Å². The average molecular weight is 730 g/mol. The molecule has 12 nitrogen and oxygen atoms in total. The van der Waals surface area contributed by atoms with Gasteiger partial charge in [0.1, 0.15) is 23.8 Å². The van der Waals surface area contributed by atoms with Crippen LogP contribution in [0.1, 0.15) is 16.7 Å². The maximum atomic E-state index is 13.2. The predicted molar refractivity (Wildman–Crippen MR) is 210 cm³/mol. The number of hydrogen-bond donors (Lipinski definition) is 4. The van der Waals surface area contributed by atoms with Crippen LogP contribution in [0.25, 0.3) is 0 Å². The van der Waals surface area contributed by atoms with Crippen LogP contribution in [0.15, 0.2) is 109 Å². The lowest BCUT2D eigenvalue weighted by molar-refractivity contribution is -0.128. The second kappa shape index (κ2) is 28.1. The Balaban J connectivity index is 0.000000511. The molecule has 1 unspecified atom stereocenters. The van der Waals surface area contributed by atoms with Gasteiger partial charge in [-0.05, 0) is 61.5 Å². The molecular formula is C41H55N5O7. The number of nitrogens with one attached hydrogen (secondary N) is 3. The van der Waals surface area contributed by atoms with E-state index in [1.165, 1.54) is 20.9 Å². The molecule has 0 fully saturated rings. The Morgan fingerprint density at radius 1 is 0.792 bits per heavy atom. The molecular weight excluding hydrogens is 674 g/mol. The van der Waals surface area contributed by atoms with E-state index < -0.39 is 11.9 Å². The zero-order valence-corrected chi connectivity index (χ0v) is 31.7. The van der Waals surface area contributed by atoms with E-state index in [2.05, 4.69) is 47.1 Å². The number of aryl methyl sites for hydroxylation is 1. The van der Waals surface area contributed by atoms with Crippen LogP contribution in [0.3, 0.4) is 0 Å². The highest BCUT2D eigenvalue weighted by molar-refractivity contribution is 5.99. The minimum Gasteiger partial charge on any atom is -0.497 e. The quantitative estimate of drug-likeness (QED) is 0.127. The van der Waals surface area contributed by atoms with Crippen molar-refractivity contribution >= 4 is 30.2 Å². The highest BCUT2D eigenvalue weighted by Crippen LogP contribution is 2.19. The summed E-state index contributed by atoms with van der Waals surface area (Å²) in [5.41, 5.74) is 4.17. The van der Waals surface area contributed by atoms with Crippen LogP contribution in [0.5, 0.6) is 11.5 Å². The number of likely N-dealkylation sites (N-methyl/N-ethyl adjacent to an activating group) is 1. The van der Waals surface area contributed by atoms with E-state index in [-0.39, 0.29) is 32.1 Å². The van der Waals surface area contributed by atoms with Gasteiger partial charge in [0.25, 0.3) is 0 Å². The summed E-state index contributed by atoms with van der Waals surface area (Å²) in [7, 11) is 8.39. The van der Waals surface area contributed by atoms with Crippen LogP contribution >= 0.6 is 0 Å². The molecule has 4 aromatic rings.